The maximum absolute atomic E-state index is 14.1. The van der Waals surface area contributed by atoms with Crippen molar-refractivity contribution in [2.24, 2.45) is 0 Å². The number of phenols is 1. The Kier molecular flexibility index (Phi) is 6.20. The fourth-order valence-electron chi connectivity index (χ4n) is 4.80. The number of phenolic OH excluding ortho intramolecular Hbond substituents is 1. The first-order valence-corrected chi connectivity index (χ1v) is 11.0. The smallest absolute Gasteiger partial charge is 0.416 e. The van der Waals surface area contributed by atoms with Crippen molar-refractivity contribution in [2.45, 2.75) is 57.9 Å². The Morgan fingerprint density at radius 2 is 2.00 bits per heavy atom. The van der Waals surface area contributed by atoms with E-state index in [1.807, 2.05) is 4.90 Å². The Bertz CT molecular complexity index is 1040. The first-order valence-electron chi connectivity index (χ1n) is 11.0. The molecule has 0 unspecified atom stereocenters. The maximum Gasteiger partial charge on any atom is 0.416 e. The lowest BCUT2D eigenvalue weighted by molar-refractivity contribution is -0.137. The van der Waals surface area contributed by atoms with Crippen LogP contribution in [-0.4, -0.2) is 58.0 Å². The second kappa shape index (κ2) is 8.79. The Hall–Kier alpha value is -2.91. The molecule has 0 spiro atoms. The number of likely N-dealkylation sites (tertiary alicyclic amines) is 1. The van der Waals surface area contributed by atoms with E-state index in [1.165, 1.54) is 6.92 Å². The molecule has 0 saturated carbocycles. The number of nitrogens with zero attached hydrogens (tertiary/aromatic N) is 4. The maximum atomic E-state index is 14.1. The molecule has 2 atom stereocenters. The van der Waals surface area contributed by atoms with Gasteiger partial charge in [0.2, 0.25) is 5.91 Å². The van der Waals surface area contributed by atoms with E-state index in [9.17, 15) is 27.5 Å². The van der Waals surface area contributed by atoms with Crippen molar-refractivity contribution in [1.29, 1.82) is 0 Å². The second-order valence-electron chi connectivity index (χ2n) is 8.70. The summed E-state index contributed by atoms with van der Waals surface area (Å²) >= 11 is 0. The van der Waals surface area contributed by atoms with E-state index >= 15 is 0 Å². The summed E-state index contributed by atoms with van der Waals surface area (Å²) in [5, 5.41) is 18.8. The van der Waals surface area contributed by atoms with Crippen LogP contribution in [-0.2, 0) is 17.4 Å². The number of carbonyl (C=O) groups is 1. The summed E-state index contributed by atoms with van der Waals surface area (Å²) in [5.41, 5.74) is 0.691. The van der Waals surface area contributed by atoms with Crippen molar-refractivity contribution in [2.75, 3.05) is 24.5 Å². The van der Waals surface area contributed by atoms with Crippen molar-refractivity contribution in [1.82, 2.24) is 15.1 Å². The SMILES string of the molecule is CCC(=O)N1C[C@H](F)C[C@H]1CN1CCCc2cc(-c3c(C)cc(C(F)(F)F)cc3O)nnc21. The molecule has 1 amide bonds. The van der Waals surface area contributed by atoms with E-state index in [0.717, 1.165) is 18.1 Å². The number of amides is 1. The molecule has 0 aliphatic carbocycles. The monoisotopic (exact) mass is 466 g/mol. The molecule has 0 bridgehead atoms. The number of fused-ring (bicyclic) bond motifs is 1. The van der Waals surface area contributed by atoms with E-state index in [1.54, 1.807) is 17.9 Å². The number of aromatic hydroxyl groups is 1. The molecule has 2 aromatic rings. The van der Waals surface area contributed by atoms with Crippen LogP contribution < -0.4 is 4.90 Å². The number of carbonyl (C=O) groups excluding carboxylic acids is 1. The van der Waals surface area contributed by atoms with Crippen LogP contribution in [0.2, 0.25) is 0 Å². The molecule has 178 valence electrons. The first-order chi connectivity index (χ1) is 15.6. The fraction of sp³-hybridized carbons (Fsp3) is 0.522. The zero-order valence-corrected chi connectivity index (χ0v) is 18.5. The third-order valence-corrected chi connectivity index (χ3v) is 6.34. The van der Waals surface area contributed by atoms with Gasteiger partial charge < -0.3 is 14.9 Å². The first kappa shape index (κ1) is 23.3. The van der Waals surface area contributed by atoms with Crippen molar-refractivity contribution < 1.29 is 27.5 Å². The number of aromatic nitrogens is 2. The molecule has 6 nitrogen and oxygen atoms in total. The van der Waals surface area contributed by atoms with Crippen molar-refractivity contribution >= 4 is 11.7 Å². The molecule has 1 N–H and O–H groups in total. The minimum atomic E-state index is -4.56. The van der Waals surface area contributed by atoms with E-state index in [2.05, 4.69) is 10.2 Å². The predicted octanol–water partition coefficient (Wildman–Crippen LogP) is 4.28. The molecule has 33 heavy (non-hydrogen) atoms. The zero-order chi connectivity index (χ0) is 23.9. The number of halogens is 4. The molecule has 1 aromatic heterocycles. The van der Waals surface area contributed by atoms with Gasteiger partial charge in [0.25, 0.3) is 0 Å². The largest absolute Gasteiger partial charge is 0.507 e. The number of hydrogen-bond acceptors (Lipinski definition) is 5. The molecule has 1 saturated heterocycles. The van der Waals surface area contributed by atoms with E-state index in [4.69, 9.17) is 0 Å². The lowest BCUT2D eigenvalue weighted by atomic mass is 9.98. The number of benzene rings is 1. The highest BCUT2D eigenvalue weighted by atomic mass is 19.4. The molecule has 1 fully saturated rings. The van der Waals surface area contributed by atoms with Crippen LogP contribution in [0.15, 0.2) is 18.2 Å². The Morgan fingerprint density at radius 3 is 2.67 bits per heavy atom. The van der Waals surface area contributed by atoms with Gasteiger partial charge in [-0.15, -0.1) is 10.2 Å². The van der Waals surface area contributed by atoms with Gasteiger partial charge in [0.1, 0.15) is 11.9 Å². The molecule has 10 heteroatoms. The highest BCUT2D eigenvalue weighted by molar-refractivity contribution is 5.77. The number of aryl methyl sites for hydroxylation is 2. The van der Waals surface area contributed by atoms with Gasteiger partial charge in [-0.05, 0) is 49.1 Å². The van der Waals surface area contributed by atoms with Gasteiger partial charge in [0.15, 0.2) is 5.82 Å². The fourth-order valence-corrected chi connectivity index (χ4v) is 4.80. The molecular weight excluding hydrogens is 440 g/mol. The number of rotatable bonds is 4. The van der Waals surface area contributed by atoms with Gasteiger partial charge >= 0.3 is 6.18 Å². The quantitative estimate of drug-likeness (QED) is 0.682. The molecule has 4 rings (SSSR count). The summed E-state index contributed by atoms with van der Waals surface area (Å²) in [6.45, 7) is 4.48. The van der Waals surface area contributed by atoms with Gasteiger partial charge in [-0.1, -0.05) is 6.92 Å². The Balaban J connectivity index is 1.61. The normalized spacial score (nSPS) is 20.8. The number of hydrogen-bond donors (Lipinski definition) is 1. The van der Waals surface area contributed by atoms with Gasteiger partial charge in [0, 0.05) is 31.5 Å². The predicted molar refractivity (Wildman–Crippen MR) is 115 cm³/mol. The summed E-state index contributed by atoms with van der Waals surface area (Å²) < 4.78 is 53.2. The van der Waals surface area contributed by atoms with Crippen LogP contribution in [0.1, 0.15) is 42.9 Å². The van der Waals surface area contributed by atoms with Gasteiger partial charge in [-0.2, -0.15) is 13.2 Å². The van der Waals surface area contributed by atoms with Crippen molar-refractivity contribution in [3.05, 3.63) is 34.9 Å². The molecule has 2 aliphatic rings. The van der Waals surface area contributed by atoms with Gasteiger partial charge in [0.05, 0.1) is 23.8 Å². The summed E-state index contributed by atoms with van der Waals surface area (Å²) in [5.74, 6) is 0.0465. The molecule has 1 aromatic carbocycles. The number of alkyl halides is 4. The van der Waals surface area contributed by atoms with Crippen molar-refractivity contribution in [3.8, 4) is 17.0 Å². The standard InChI is InChI=1S/C23H26F4N4O2/c1-3-20(33)31-11-16(24)10-17(31)12-30-6-4-5-14-8-18(28-29-22(14)30)21-13(2)7-15(9-19(21)32)23(25,26)27/h7-9,16-17,32H,3-6,10-12H2,1-2H3/t16-,17+/m1/s1. The minimum Gasteiger partial charge on any atom is -0.507 e. The lowest BCUT2D eigenvalue weighted by Gasteiger charge is -2.34. The molecule has 3 heterocycles. The average Bonchev–Trinajstić information content (AvgIpc) is 3.12. The Morgan fingerprint density at radius 1 is 1.24 bits per heavy atom. The second-order valence-corrected chi connectivity index (χ2v) is 8.70. The zero-order valence-electron chi connectivity index (χ0n) is 18.5. The van der Waals surface area contributed by atoms with E-state index < -0.39 is 23.7 Å². The van der Waals surface area contributed by atoms with E-state index in [0.29, 0.717) is 43.5 Å². The highest BCUT2D eigenvalue weighted by Gasteiger charge is 2.37. The third kappa shape index (κ3) is 4.60. The number of anilines is 1. The third-order valence-electron chi connectivity index (χ3n) is 6.34. The summed E-state index contributed by atoms with van der Waals surface area (Å²) in [6.07, 6.45) is -3.50. The van der Waals surface area contributed by atoms with Crippen LogP contribution in [0.25, 0.3) is 11.3 Å². The molecule has 2 aliphatic heterocycles. The summed E-state index contributed by atoms with van der Waals surface area (Å²) in [7, 11) is 0. The van der Waals surface area contributed by atoms with Crippen molar-refractivity contribution in [3.63, 3.8) is 0 Å². The molecule has 0 radical (unpaired) electrons. The summed E-state index contributed by atoms with van der Waals surface area (Å²) in [4.78, 5) is 15.8. The van der Waals surface area contributed by atoms with Gasteiger partial charge in [-0.25, -0.2) is 4.39 Å². The van der Waals surface area contributed by atoms with Crippen LogP contribution in [0.3, 0.4) is 0 Å². The topological polar surface area (TPSA) is 69.6 Å². The minimum absolute atomic E-state index is 0.0768. The van der Waals surface area contributed by atoms with Crippen LogP contribution in [0, 0.1) is 6.92 Å². The molecular formula is C23H26F4N4O2. The van der Waals surface area contributed by atoms with Gasteiger partial charge in [-0.3, -0.25) is 4.79 Å². The highest BCUT2D eigenvalue weighted by Crippen LogP contribution is 2.39. The van der Waals surface area contributed by atoms with Crippen LogP contribution >= 0.6 is 0 Å². The van der Waals surface area contributed by atoms with Crippen LogP contribution in [0.4, 0.5) is 23.4 Å². The lowest BCUT2D eigenvalue weighted by Crippen LogP contribution is -2.45. The Labute approximate surface area is 189 Å². The summed E-state index contributed by atoms with van der Waals surface area (Å²) in [6, 6.07) is 3.17. The average molecular weight is 466 g/mol. The van der Waals surface area contributed by atoms with E-state index in [-0.39, 0.29) is 36.0 Å². The van der Waals surface area contributed by atoms with Crippen LogP contribution in [0.5, 0.6) is 5.75 Å².